The largest absolute Gasteiger partial charge is 0.495 e. The second-order valence-electron chi connectivity index (χ2n) is 7.81. The molecule has 2 aliphatic rings. The predicted octanol–water partition coefficient (Wildman–Crippen LogP) is 3.84. The number of rotatable bonds is 6. The second-order valence-corrected chi connectivity index (χ2v) is 8.66. The van der Waals surface area contributed by atoms with Gasteiger partial charge in [0, 0.05) is 37.1 Å². The van der Waals surface area contributed by atoms with Gasteiger partial charge in [0.2, 0.25) is 11.8 Å². The van der Waals surface area contributed by atoms with Crippen molar-refractivity contribution in [2.45, 2.75) is 6.42 Å². The zero-order valence-corrected chi connectivity index (χ0v) is 19.9. The predicted molar refractivity (Wildman–Crippen MR) is 128 cm³/mol. The molecule has 176 valence electrons. The number of benzene rings is 2. The summed E-state index contributed by atoms with van der Waals surface area (Å²) in [5, 5.41) is 3.85. The van der Waals surface area contributed by atoms with E-state index in [0.29, 0.717) is 46.1 Å². The fourth-order valence-electron chi connectivity index (χ4n) is 4.09. The highest BCUT2D eigenvalue weighted by atomic mass is 35.5. The van der Waals surface area contributed by atoms with E-state index in [9.17, 15) is 9.59 Å². The van der Waals surface area contributed by atoms with Gasteiger partial charge in [0.05, 0.1) is 55.4 Å². The first-order valence-corrected chi connectivity index (χ1v) is 11.3. The minimum Gasteiger partial charge on any atom is -0.495 e. The van der Waals surface area contributed by atoms with Crippen LogP contribution in [-0.2, 0) is 14.3 Å². The molecule has 4 rings (SSSR count). The summed E-state index contributed by atoms with van der Waals surface area (Å²) in [5.74, 6) is -0.0973. The molecule has 10 heteroatoms. The second kappa shape index (κ2) is 10.1. The van der Waals surface area contributed by atoms with Crippen molar-refractivity contribution in [2.24, 2.45) is 5.92 Å². The van der Waals surface area contributed by atoms with Gasteiger partial charge in [0.15, 0.2) is 0 Å². The molecule has 1 atom stereocenters. The lowest BCUT2D eigenvalue weighted by Crippen LogP contribution is -2.37. The Bertz CT molecular complexity index is 1060. The molecule has 33 heavy (non-hydrogen) atoms. The first-order chi connectivity index (χ1) is 15.9. The minimum absolute atomic E-state index is 0.0755. The summed E-state index contributed by atoms with van der Waals surface area (Å²) in [4.78, 5) is 29.6. The van der Waals surface area contributed by atoms with Crippen molar-refractivity contribution in [1.82, 2.24) is 0 Å². The number of carbonyl (C=O) groups is 2. The first kappa shape index (κ1) is 23.5. The van der Waals surface area contributed by atoms with Gasteiger partial charge in [0.1, 0.15) is 11.5 Å². The number of carbonyl (C=O) groups excluding carboxylic acids is 2. The SMILES string of the molecule is COc1cc(OC)c(N2C[C@H](C(=O)Nc3cc(Cl)ccc3N3CCOCC3)CC2=O)cc1Cl. The highest BCUT2D eigenvalue weighted by Crippen LogP contribution is 2.40. The van der Waals surface area contributed by atoms with Gasteiger partial charge in [-0.15, -0.1) is 0 Å². The van der Waals surface area contributed by atoms with E-state index in [-0.39, 0.29) is 24.8 Å². The molecular formula is C23H25Cl2N3O5. The third-order valence-electron chi connectivity index (χ3n) is 5.81. The lowest BCUT2D eigenvalue weighted by atomic mass is 10.1. The summed E-state index contributed by atoms with van der Waals surface area (Å²) < 4.78 is 16.1. The summed E-state index contributed by atoms with van der Waals surface area (Å²) >= 11 is 12.5. The summed E-state index contributed by atoms with van der Waals surface area (Å²) in [6.45, 7) is 2.89. The van der Waals surface area contributed by atoms with Crippen LogP contribution < -0.4 is 24.6 Å². The molecule has 0 bridgehead atoms. The highest BCUT2D eigenvalue weighted by Gasteiger charge is 2.37. The summed E-state index contributed by atoms with van der Waals surface area (Å²) in [7, 11) is 3.01. The molecule has 2 heterocycles. The number of anilines is 3. The number of nitrogens with one attached hydrogen (secondary N) is 1. The van der Waals surface area contributed by atoms with Gasteiger partial charge in [-0.3, -0.25) is 9.59 Å². The zero-order chi connectivity index (χ0) is 23.5. The normalized spacial score (nSPS) is 18.4. The van der Waals surface area contributed by atoms with Crippen molar-refractivity contribution in [3.63, 3.8) is 0 Å². The number of halogens is 2. The Morgan fingerprint density at radius 3 is 2.48 bits per heavy atom. The summed E-state index contributed by atoms with van der Waals surface area (Å²) in [5.41, 5.74) is 1.99. The first-order valence-electron chi connectivity index (χ1n) is 10.6. The van der Waals surface area contributed by atoms with Gasteiger partial charge in [-0.25, -0.2) is 0 Å². The molecule has 8 nitrogen and oxygen atoms in total. The smallest absolute Gasteiger partial charge is 0.229 e. The van der Waals surface area contributed by atoms with Crippen molar-refractivity contribution >= 4 is 52.1 Å². The molecule has 2 aromatic carbocycles. The van der Waals surface area contributed by atoms with Crippen LogP contribution in [0.4, 0.5) is 17.1 Å². The molecular weight excluding hydrogens is 469 g/mol. The molecule has 2 amide bonds. The van der Waals surface area contributed by atoms with Crippen LogP contribution in [-0.4, -0.2) is 58.9 Å². The lowest BCUT2D eigenvalue weighted by molar-refractivity contribution is -0.122. The maximum Gasteiger partial charge on any atom is 0.229 e. The Labute approximate surface area is 202 Å². The Kier molecular flexibility index (Phi) is 7.17. The molecule has 2 fully saturated rings. The van der Waals surface area contributed by atoms with Crippen LogP contribution in [0.3, 0.4) is 0 Å². The zero-order valence-electron chi connectivity index (χ0n) is 18.4. The van der Waals surface area contributed by atoms with Crippen LogP contribution in [0.15, 0.2) is 30.3 Å². The van der Waals surface area contributed by atoms with Crippen LogP contribution in [0.1, 0.15) is 6.42 Å². The lowest BCUT2D eigenvalue weighted by Gasteiger charge is -2.30. The van der Waals surface area contributed by atoms with Crippen molar-refractivity contribution in [3.8, 4) is 11.5 Å². The van der Waals surface area contributed by atoms with E-state index < -0.39 is 5.92 Å². The molecule has 0 unspecified atom stereocenters. The molecule has 2 aromatic rings. The number of morpholine rings is 1. The van der Waals surface area contributed by atoms with Crippen molar-refractivity contribution in [1.29, 1.82) is 0 Å². The van der Waals surface area contributed by atoms with Crippen LogP contribution >= 0.6 is 23.2 Å². The van der Waals surface area contributed by atoms with E-state index in [2.05, 4.69) is 10.2 Å². The Morgan fingerprint density at radius 2 is 1.79 bits per heavy atom. The van der Waals surface area contributed by atoms with Gasteiger partial charge < -0.3 is 29.3 Å². The van der Waals surface area contributed by atoms with Crippen LogP contribution in [0.25, 0.3) is 0 Å². The summed E-state index contributed by atoms with van der Waals surface area (Å²) in [6, 6.07) is 8.65. The Hall–Kier alpha value is -2.68. The number of ether oxygens (including phenoxy) is 3. The van der Waals surface area contributed by atoms with E-state index in [4.69, 9.17) is 37.4 Å². The average molecular weight is 494 g/mol. The van der Waals surface area contributed by atoms with E-state index in [1.807, 2.05) is 6.07 Å². The third kappa shape index (κ3) is 4.98. The van der Waals surface area contributed by atoms with Gasteiger partial charge in [0.25, 0.3) is 0 Å². The van der Waals surface area contributed by atoms with Gasteiger partial charge in [-0.1, -0.05) is 23.2 Å². The van der Waals surface area contributed by atoms with Crippen LogP contribution in [0.5, 0.6) is 11.5 Å². The number of nitrogens with zero attached hydrogens (tertiary/aromatic N) is 2. The van der Waals surface area contributed by atoms with Gasteiger partial charge >= 0.3 is 0 Å². The Morgan fingerprint density at radius 1 is 1.06 bits per heavy atom. The highest BCUT2D eigenvalue weighted by molar-refractivity contribution is 6.32. The van der Waals surface area contributed by atoms with Crippen LogP contribution in [0.2, 0.25) is 10.0 Å². The number of methoxy groups -OCH3 is 2. The molecule has 2 saturated heterocycles. The topological polar surface area (TPSA) is 80.3 Å². The molecule has 0 aliphatic carbocycles. The van der Waals surface area contributed by atoms with E-state index >= 15 is 0 Å². The fourth-order valence-corrected chi connectivity index (χ4v) is 4.50. The number of hydrogen-bond donors (Lipinski definition) is 1. The third-order valence-corrected chi connectivity index (χ3v) is 6.34. The molecule has 0 saturated carbocycles. The maximum absolute atomic E-state index is 13.2. The minimum atomic E-state index is -0.542. The Balaban J connectivity index is 1.53. The number of hydrogen-bond acceptors (Lipinski definition) is 6. The van der Waals surface area contributed by atoms with E-state index in [1.54, 1.807) is 24.3 Å². The van der Waals surface area contributed by atoms with E-state index in [0.717, 1.165) is 18.8 Å². The summed E-state index contributed by atoms with van der Waals surface area (Å²) in [6.07, 6.45) is 0.0755. The van der Waals surface area contributed by atoms with Gasteiger partial charge in [-0.2, -0.15) is 0 Å². The van der Waals surface area contributed by atoms with E-state index in [1.165, 1.54) is 19.1 Å². The van der Waals surface area contributed by atoms with Crippen molar-refractivity contribution in [2.75, 3.05) is 62.2 Å². The fraction of sp³-hybridized carbons (Fsp3) is 0.391. The maximum atomic E-state index is 13.2. The molecule has 0 spiro atoms. The monoisotopic (exact) mass is 493 g/mol. The number of amides is 2. The van der Waals surface area contributed by atoms with Crippen LogP contribution in [0, 0.1) is 5.92 Å². The molecule has 0 aromatic heterocycles. The molecule has 2 aliphatic heterocycles. The molecule has 1 N–H and O–H groups in total. The molecule has 0 radical (unpaired) electrons. The quantitative estimate of drug-likeness (QED) is 0.658. The van der Waals surface area contributed by atoms with Crippen molar-refractivity contribution < 1.29 is 23.8 Å². The standard InChI is InChI=1S/C23H25Cl2N3O5/c1-31-20-12-21(32-2)19(11-16(20)25)28-13-14(9-22(28)29)23(30)26-17-10-15(24)3-4-18(17)27-5-7-33-8-6-27/h3-4,10-12,14H,5-9,13H2,1-2H3,(H,26,30)/t14-/m1/s1. The van der Waals surface area contributed by atoms with Crippen molar-refractivity contribution in [3.05, 3.63) is 40.4 Å². The van der Waals surface area contributed by atoms with Gasteiger partial charge in [-0.05, 0) is 24.3 Å². The average Bonchev–Trinajstić information content (AvgIpc) is 3.21.